The van der Waals surface area contributed by atoms with Crippen molar-refractivity contribution in [3.8, 4) is 5.75 Å². The summed E-state index contributed by atoms with van der Waals surface area (Å²) in [5, 5.41) is 6.41. The number of fused-ring (bicyclic) bond motifs is 1. The van der Waals surface area contributed by atoms with E-state index in [4.69, 9.17) is 9.26 Å². The van der Waals surface area contributed by atoms with Gasteiger partial charge in [-0.15, -0.1) is 0 Å². The number of nitrogens with one attached hydrogen (secondary N) is 1. The number of nitrogens with zero attached hydrogens (tertiary/aromatic N) is 3. The molecule has 0 saturated heterocycles. The molecule has 1 N–H and O–H groups in total. The molecule has 9 nitrogen and oxygen atoms in total. The smallest absolute Gasteiger partial charge is 0.261 e. The summed E-state index contributed by atoms with van der Waals surface area (Å²) in [7, 11) is 0. The van der Waals surface area contributed by atoms with Gasteiger partial charge in [-0.05, 0) is 43.2 Å². The Hall–Kier alpha value is -4.01. The van der Waals surface area contributed by atoms with E-state index in [-0.39, 0.29) is 24.3 Å². The molecular weight excluding hydrogens is 412 g/mol. The van der Waals surface area contributed by atoms with Crippen molar-refractivity contribution in [3.63, 3.8) is 0 Å². The summed E-state index contributed by atoms with van der Waals surface area (Å²) in [5.41, 5.74) is 1.78. The highest BCUT2D eigenvalue weighted by Crippen LogP contribution is 2.26. The zero-order valence-corrected chi connectivity index (χ0v) is 17.5. The van der Waals surface area contributed by atoms with Crippen LogP contribution < -0.4 is 10.1 Å². The lowest BCUT2D eigenvalue weighted by Crippen LogP contribution is -2.29. The second-order valence-corrected chi connectivity index (χ2v) is 7.20. The summed E-state index contributed by atoms with van der Waals surface area (Å²) in [6.07, 6.45) is 2.52. The second kappa shape index (κ2) is 9.42. The van der Waals surface area contributed by atoms with Crippen molar-refractivity contribution < 1.29 is 23.6 Å². The lowest BCUT2D eigenvalue weighted by atomic mass is 10.1. The maximum absolute atomic E-state index is 12.8. The molecule has 0 radical (unpaired) electrons. The van der Waals surface area contributed by atoms with E-state index in [1.165, 1.54) is 11.2 Å². The van der Waals surface area contributed by atoms with Gasteiger partial charge in [0.25, 0.3) is 17.7 Å². The fourth-order valence-corrected chi connectivity index (χ4v) is 3.54. The summed E-state index contributed by atoms with van der Waals surface area (Å²) in [6, 6.07) is 11.8. The first-order chi connectivity index (χ1) is 15.6. The van der Waals surface area contributed by atoms with Crippen LogP contribution >= 0.6 is 0 Å². The van der Waals surface area contributed by atoms with Crippen LogP contribution in [0.2, 0.25) is 0 Å². The van der Waals surface area contributed by atoms with Crippen LogP contribution in [0.1, 0.15) is 55.9 Å². The Balaban J connectivity index is 1.46. The van der Waals surface area contributed by atoms with Gasteiger partial charge in [-0.1, -0.05) is 23.4 Å². The number of ether oxygens (including phenoxy) is 1. The van der Waals surface area contributed by atoms with E-state index < -0.39 is 0 Å². The van der Waals surface area contributed by atoms with Gasteiger partial charge < -0.3 is 14.6 Å². The summed E-state index contributed by atoms with van der Waals surface area (Å²) in [4.78, 5) is 43.3. The van der Waals surface area contributed by atoms with Gasteiger partial charge in [0.1, 0.15) is 5.75 Å². The quantitative estimate of drug-likeness (QED) is 0.407. The summed E-state index contributed by atoms with van der Waals surface area (Å²) in [6.45, 7) is 2.71. The average Bonchev–Trinajstić information content (AvgIpc) is 3.41. The van der Waals surface area contributed by atoms with Crippen molar-refractivity contribution in [1.29, 1.82) is 0 Å². The molecule has 0 spiro atoms. The molecule has 0 bridgehead atoms. The highest BCUT2D eigenvalue weighted by atomic mass is 16.5. The Kier molecular flexibility index (Phi) is 6.25. The molecule has 4 rings (SSSR count). The summed E-state index contributed by atoms with van der Waals surface area (Å²) < 4.78 is 10.5. The number of carbonyl (C=O) groups is 3. The van der Waals surface area contributed by atoms with Crippen LogP contribution in [-0.4, -0.2) is 45.9 Å². The molecule has 3 amide bonds. The number of hydrogen-bond acceptors (Lipinski definition) is 7. The van der Waals surface area contributed by atoms with Crippen molar-refractivity contribution in [2.45, 2.75) is 26.3 Å². The average molecular weight is 434 g/mol. The molecule has 0 unspecified atom stereocenters. The molecule has 1 aromatic heterocycles. The van der Waals surface area contributed by atoms with Gasteiger partial charge in [-0.2, -0.15) is 4.98 Å². The molecular formula is C23H22N4O5. The van der Waals surface area contributed by atoms with Crippen molar-refractivity contribution in [2.24, 2.45) is 0 Å². The van der Waals surface area contributed by atoms with Crippen LogP contribution in [0.15, 0.2) is 53.3 Å². The minimum atomic E-state index is -0.341. The third-order valence-electron chi connectivity index (χ3n) is 5.07. The van der Waals surface area contributed by atoms with Gasteiger partial charge in [-0.25, -0.2) is 0 Å². The Morgan fingerprint density at radius 2 is 1.88 bits per heavy atom. The molecule has 9 heteroatoms. The molecule has 164 valence electrons. The SMILES string of the molecule is CCOc1ccc(CN2C(=O)c3ccccc3C2=O)cc1C(=O)NCCCc1ncno1. The zero-order chi connectivity index (χ0) is 22.5. The van der Waals surface area contributed by atoms with Gasteiger partial charge in [0.2, 0.25) is 5.89 Å². The first kappa shape index (κ1) is 21.2. The highest BCUT2D eigenvalue weighted by Gasteiger charge is 2.35. The van der Waals surface area contributed by atoms with Gasteiger partial charge in [-0.3, -0.25) is 19.3 Å². The number of aromatic nitrogens is 2. The number of imide groups is 1. The molecule has 1 aliphatic heterocycles. The maximum atomic E-state index is 12.8. The van der Waals surface area contributed by atoms with Crippen LogP contribution in [0.5, 0.6) is 5.75 Å². The molecule has 2 aromatic carbocycles. The van der Waals surface area contributed by atoms with E-state index in [1.54, 1.807) is 42.5 Å². The minimum absolute atomic E-state index is 0.0657. The van der Waals surface area contributed by atoms with Gasteiger partial charge in [0.05, 0.1) is 29.8 Å². The fourth-order valence-electron chi connectivity index (χ4n) is 3.54. The third kappa shape index (κ3) is 4.36. The Morgan fingerprint density at radius 3 is 2.53 bits per heavy atom. The van der Waals surface area contributed by atoms with E-state index >= 15 is 0 Å². The van der Waals surface area contributed by atoms with Gasteiger partial charge in [0.15, 0.2) is 6.33 Å². The monoisotopic (exact) mass is 434 g/mol. The maximum Gasteiger partial charge on any atom is 0.261 e. The van der Waals surface area contributed by atoms with Crippen molar-refractivity contribution in [2.75, 3.05) is 13.2 Å². The number of amides is 3. The van der Waals surface area contributed by atoms with Crippen LogP contribution in [0, 0.1) is 0 Å². The predicted molar refractivity (Wildman–Crippen MR) is 113 cm³/mol. The number of aryl methyl sites for hydroxylation is 1. The molecule has 32 heavy (non-hydrogen) atoms. The fraction of sp³-hybridized carbons (Fsp3) is 0.261. The van der Waals surface area contributed by atoms with E-state index in [2.05, 4.69) is 15.5 Å². The number of hydrogen-bond donors (Lipinski definition) is 1. The normalized spacial score (nSPS) is 12.7. The Bertz CT molecular complexity index is 1110. The second-order valence-electron chi connectivity index (χ2n) is 7.20. The van der Waals surface area contributed by atoms with E-state index in [1.807, 2.05) is 6.92 Å². The van der Waals surface area contributed by atoms with E-state index in [0.29, 0.717) is 59.9 Å². The first-order valence-electron chi connectivity index (χ1n) is 10.3. The van der Waals surface area contributed by atoms with Gasteiger partial charge >= 0.3 is 0 Å². The Morgan fingerprint density at radius 1 is 1.12 bits per heavy atom. The molecule has 0 saturated carbocycles. The lowest BCUT2D eigenvalue weighted by Gasteiger charge is -2.16. The number of carbonyl (C=O) groups excluding carboxylic acids is 3. The summed E-state index contributed by atoms with van der Waals surface area (Å²) >= 11 is 0. The van der Waals surface area contributed by atoms with Crippen molar-refractivity contribution in [1.82, 2.24) is 20.4 Å². The van der Waals surface area contributed by atoms with E-state index in [9.17, 15) is 14.4 Å². The summed E-state index contributed by atoms with van der Waals surface area (Å²) in [5.74, 6) is -0.0357. The molecule has 0 fully saturated rings. The first-order valence-corrected chi connectivity index (χ1v) is 10.3. The largest absolute Gasteiger partial charge is 0.493 e. The predicted octanol–water partition coefficient (Wildman–Crippen LogP) is 2.63. The number of rotatable bonds is 9. The van der Waals surface area contributed by atoms with Crippen molar-refractivity contribution >= 4 is 17.7 Å². The highest BCUT2D eigenvalue weighted by molar-refractivity contribution is 6.21. The van der Waals surface area contributed by atoms with Crippen molar-refractivity contribution in [3.05, 3.63) is 76.9 Å². The Labute approximate surface area is 184 Å². The molecule has 0 aliphatic carbocycles. The number of benzene rings is 2. The standard InChI is InChI=1S/C23H22N4O5/c1-2-31-19-10-9-15(13-27-22(29)16-6-3-4-7-17(16)23(27)30)12-18(19)21(28)24-11-5-8-20-25-14-26-32-20/h3-4,6-7,9-10,12,14H,2,5,8,11,13H2,1H3,(H,24,28). The van der Waals surface area contributed by atoms with Crippen LogP contribution in [0.25, 0.3) is 0 Å². The van der Waals surface area contributed by atoms with Crippen LogP contribution in [-0.2, 0) is 13.0 Å². The van der Waals surface area contributed by atoms with Gasteiger partial charge in [0, 0.05) is 13.0 Å². The molecule has 2 heterocycles. The van der Waals surface area contributed by atoms with Crippen LogP contribution in [0.3, 0.4) is 0 Å². The molecule has 3 aromatic rings. The van der Waals surface area contributed by atoms with Crippen LogP contribution in [0.4, 0.5) is 0 Å². The zero-order valence-electron chi connectivity index (χ0n) is 17.5. The topological polar surface area (TPSA) is 115 Å². The lowest BCUT2D eigenvalue weighted by molar-refractivity contribution is 0.0642. The molecule has 0 atom stereocenters. The minimum Gasteiger partial charge on any atom is -0.493 e. The third-order valence-corrected chi connectivity index (χ3v) is 5.07. The van der Waals surface area contributed by atoms with E-state index in [0.717, 1.165) is 0 Å². The molecule has 1 aliphatic rings.